The maximum Gasteiger partial charge on any atom is 0.236 e. The van der Waals surface area contributed by atoms with Crippen molar-refractivity contribution in [2.75, 3.05) is 37.6 Å². The highest BCUT2D eigenvalue weighted by Gasteiger charge is 2.21. The summed E-state index contributed by atoms with van der Waals surface area (Å²) in [6.07, 6.45) is 0. The molecule has 0 radical (unpaired) electrons. The molecular formula is C19H21Cl2N3O. The molecule has 1 aliphatic rings. The van der Waals surface area contributed by atoms with Crippen molar-refractivity contribution in [3.05, 3.63) is 64.1 Å². The predicted octanol–water partition coefficient (Wildman–Crippen LogP) is 3.43. The van der Waals surface area contributed by atoms with E-state index in [1.54, 1.807) is 0 Å². The van der Waals surface area contributed by atoms with Crippen LogP contribution in [0, 0.1) is 0 Å². The summed E-state index contributed by atoms with van der Waals surface area (Å²) in [6.45, 7) is 3.99. The van der Waals surface area contributed by atoms with Gasteiger partial charge in [-0.25, -0.2) is 0 Å². The van der Waals surface area contributed by atoms with Gasteiger partial charge in [-0.2, -0.15) is 0 Å². The lowest BCUT2D eigenvalue weighted by molar-refractivity contribution is -0.130. The molecule has 4 nitrogen and oxygen atoms in total. The van der Waals surface area contributed by atoms with E-state index in [-0.39, 0.29) is 5.91 Å². The van der Waals surface area contributed by atoms with E-state index in [0.717, 1.165) is 47.5 Å². The Bertz CT molecular complexity index is 730. The van der Waals surface area contributed by atoms with E-state index in [0.29, 0.717) is 13.1 Å². The minimum Gasteiger partial charge on any atom is -0.368 e. The van der Waals surface area contributed by atoms with Crippen LogP contribution < -0.4 is 10.2 Å². The molecule has 2 aromatic carbocycles. The first kappa shape index (κ1) is 18.1. The van der Waals surface area contributed by atoms with Crippen LogP contribution in [0.2, 0.25) is 10.0 Å². The number of benzene rings is 2. The van der Waals surface area contributed by atoms with E-state index in [4.69, 9.17) is 23.2 Å². The van der Waals surface area contributed by atoms with Gasteiger partial charge in [0.1, 0.15) is 0 Å². The molecule has 1 amide bonds. The van der Waals surface area contributed by atoms with Crippen molar-refractivity contribution >= 4 is 34.8 Å². The Hall–Kier alpha value is -1.75. The van der Waals surface area contributed by atoms with E-state index in [2.05, 4.69) is 16.3 Å². The zero-order valence-corrected chi connectivity index (χ0v) is 15.4. The van der Waals surface area contributed by atoms with Crippen molar-refractivity contribution in [2.24, 2.45) is 0 Å². The molecule has 0 aromatic heterocycles. The van der Waals surface area contributed by atoms with Crippen LogP contribution in [0.4, 0.5) is 5.69 Å². The number of rotatable bonds is 5. The number of halogens is 2. The van der Waals surface area contributed by atoms with Crippen LogP contribution in [0.15, 0.2) is 48.5 Å². The number of anilines is 1. The van der Waals surface area contributed by atoms with Crippen LogP contribution in [-0.4, -0.2) is 43.5 Å². The zero-order valence-electron chi connectivity index (χ0n) is 13.9. The van der Waals surface area contributed by atoms with E-state index >= 15 is 0 Å². The summed E-state index contributed by atoms with van der Waals surface area (Å²) in [5.41, 5.74) is 2.11. The van der Waals surface area contributed by atoms with Gasteiger partial charge in [-0.1, -0.05) is 47.5 Å². The van der Waals surface area contributed by atoms with Crippen LogP contribution in [-0.2, 0) is 11.3 Å². The number of amides is 1. The molecular weight excluding hydrogens is 357 g/mol. The van der Waals surface area contributed by atoms with Gasteiger partial charge in [-0.05, 0) is 29.8 Å². The van der Waals surface area contributed by atoms with E-state index in [9.17, 15) is 4.79 Å². The molecule has 0 spiro atoms. The third-order valence-electron chi connectivity index (χ3n) is 4.36. The van der Waals surface area contributed by atoms with Gasteiger partial charge in [0, 0.05) is 48.5 Å². The fraction of sp³-hybridized carbons (Fsp3) is 0.316. The van der Waals surface area contributed by atoms with Crippen LogP contribution in [0.3, 0.4) is 0 Å². The van der Waals surface area contributed by atoms with Gasteiger partial charge in [-0.15, -0.1) is 0 Å². The summed E-state index contributed by atoms with van der Waals surface area (Å²) < 4.78 is 0. The highest BCUT2D eigenvalue weighted by Crippen LogP contribution is 2.20. The second-order valence-electron chi connectivity index (χ2n) is 6.04. The maximum absolute atomic E-state index is 12.4. The Morgan fingerprint density at radius 3 is 2.48 bits per heavy atom. The van der Waals surface area contributed by atoms with Crippen molar-refractivity contribution in [1.82, 2.24) is 10.2 Å². The molecule has 25 heavy (non-hydrogen) atoms. The van der Waals surface area contributed by atoms with Gasteiger partial charge in [0.2, 0.25) is 5.91 Å². The van der Waals surface area contributed by atoms with Gasteiger partial charge in [-0.3, -0.25) is 4.79 Å². The van der Waals surface area contributed by atoms with Crippen molar-refractivity contribution in [3.63, 3.8) is 0 Å². The predicted molar refractivity (Wildman–Crippen MR) is 103 cm³/mol. The summed E-state index contributed by atoms with van der Waals surface area (Å²) >= 11 is 12.2. The summed E-state index contributed by atoms with van der Waals surface area (Å²) in [5, 5.41) is 4.64. The lowest BCUT2D eigenvalue weighted by Gasteiger charge is -2.36. The molecule has 6 heteroatoms. The standard InChI is InChI=1S/C19H21Cl2N3O/c20-16-5-3-6-17(12-16)23-8-10-24(11-9-23)19(25)14-22-13-15-4-1-2-7-18(15)21/h1-7,12,22H,8-11,13-14H2. The number of nitrogens with one attached hydrogen (secondary N) is 1. The van der Waals surface area contributed by atoms with Crippen molar-refractivity contribution in [3.8, 4) is 0 Å². The number of carbonyl (C=O) groups is 1. The van der Waals surface area contributed by atoms with Gasteiger partial charge in [0.05, 0.1) is 6.54 Å². The van der Waals surface area contributed by atoms with E-state index < -0.39 is 0 Å². The number of hydrogen-bond acceptors (Lipinski definition) is 3. The first-order chi connectivity index (χ1) is 12.1. The first-order valence-electron chi connectivity index (χ1n) is 8.36. The quantitative estimate of drug-likeness (QED) is 0.866. The maximum atomic E-state index is 12.4. The van der Waals surface area contributed by atoms with Gasteiger partial charge < -0.3 is 15.1 Å². The third kappa shape index (κ3) is 4.88. The van der Waals surface area contributed by atoms with Crippen molar-refractivity contribution in [2.45, 2.75) is 6.54 Å². The van der Waals surface area contributed by atoms with Gasteiger partial charge in [0.25, 0.3) is 0 Å². The number of carbonyl (C=O) groups excluding carboxylic acids is 1. The van der Waals surface area contributed by atoms with Crippen molar-refractivity contribution in [1.29, 1.82) is 0 Å². The molecule has 0 atom stereocenters. The highest BCUT2D eigenvalue weighted by atomic mass is 35.5. The third-order valence-corrected chi connectivity index (χ3v) is 4.96. The Morgan fingerprint density at radius 1 is 1.00 bits per heavy atom. The minimum atomic E-state index is 0.123. The second-order valence-corrected chi connectivity index (χ2v) is 6.89. The monoisotopic (exact) mass is 377 g/mol. The minimum absolute atomic E-state index is 0.123. The number of piperazine rings is 1. The lowest BCUT2D eigenvalue weighted by Crippen LogP contribution is -2.50. The van der Waals surface area contributed by atoms with Crippen LogP contribution in [0.5, 0.6) is 0 Å². The summed E-state index contributed by atoms with van der Waals surface area (Å²) in [5.74, 6) is 0.123. The SMILES string of the molecule is O=C(CNCc1ccccc1Cl)N1CCN(c2cccc(Cl)c2)CC1. The Labute approximate surface area is 158 Å². The van der Waals surface area contributed by atoms with Crippen LogP contribution in [0.25, 0.3) is 0 Å². The zero-order chi connectivity index (χ0) is 17.6. The molecule has 132 valence electrons. The van der Waals surface area contributed by atoms with Crippen LogP contribution >= 0.6 is 23.2 Å². The average Bonchev–Trinajstić information content (AvgIpc) is 2.63. The summed E-state index contributed by atoms with van der Waals surface area (Å²) in [4.78, 5) is 16.5. The molecule has 0 saturated carbocycles. The first-order valence-corrected chi connectivity index (χ1v) is 9.11. The molecule has 0 aliphatic carbocycles. The molecule has 2 aromatic rings. The molecule has 3 rings (SSSR count). The van der Waals surface area contributed by atoms with Gasteiger partial charge in [0.15, 0.2) is 0 Å². The van der Waals surface area contributed by atoms with Crippen molar-refractivity contribution < 1.29 is 4.79 Å². The summed E-state index contributed by atoms with van der Waals surface area (Å²) in [7, 11) is 0. The molecule has 1 fully saturated rings. The van der Waals surface area contributed by atoms with E-state index in [1.165, 1.54) is 0 Å². The second kappa shape index (κ2) is 8.56. The smallest absolute Gasteiger partial charge is 0.236 e. The molecule has 1 N–H and O–H groups in total. The molecule has 1 saturated heterocycles. The normalized spacial score (nSPS) is 14.6. The Kier molecular flexibility index (Phi) is 6.19. The molecule has 0 bridgehead atoms. The number of hydrogen-bond donors (Lipinski definition) is 1. The highest BCUT2D eigenvalue weighted by molar-refractivity contribution is 6.31. The van der Waals surface area contributed by atoms with Gasteiger partial charge >= 0.3 is 0 Å². The number of nitrogens with zero attached hydrogens (tertiary/aromatic N) is 2. The largest absolute Gasteiger partial charge is 0.368 e. The van der Waals surface area contributed by atoms with Crippen LogP contribution in [0.1, 0.15) is 5.56 Å². The molecule has 1 aliphatic heterocycles. The summed E-state index contributed by atoms with van der Waals surface area (Å²) in [6, 6.07) is 15.5. The topological polar surface area (TPSA) is 35.6 Å². The Morgan fingerprint density at radius 2 is 1.76 bits per heavy atom. The lowest BCUT2D eigenvalue weighted by atomic mass is 10.2. The fourth-order valence-corrected chi connectivity index (χ4v) is 3.33. The average molecular weight is 378 g/mol. The molecule has 1 heterocycles. The fourth-order valence-electron chi connectivity index (χ4n) is 2.94. The van der Waals surface area contributed by atoms with E-state index in [1.807, 2.05) is 47.4 Å². The Balaban J connectivity index is 1.45. The molecule has 0 unspecified atom stereocenters.